The molecule has 57 heavy (non-hydrogen) atoms. The van der Waals surface area contributed by atoms with Gasteiger partial charge in [-0.3, -0.25) is 30.1 Å². The highest BCUT2D eigenvalue weighted by Gasteiger charge is 2.20. The van der Waals surface area contributed by atoms with Crippen LogP contribution >= 0.6 is 0 Å². The Bertz CT molecular complexity index is 2330. The number of azo groups is 1. The largest absolute Gasteiger partial charge is 0.505 e. The molecule has 3 aromatic carbocycles. The van der Waals surface area contributed by atoms with Gasteiger partial charge in [0.2, 0.25) is 0 Å². The van der Waals surface area contributed by atoms with Crippen molar-refractivity contribution < 1.29 is 15.1 Å². The molecule has 7 aromatic rings. The van der Waals surface area contributed by atoms with Crippen LogP contribution in [0.2, 0.25) is 0 Å². The first kappa shape index (κ1) is 38.8. The first-order chi connectivity index (χ1) is 27.9. The van der Waals surface area contributed by atoms with Crippen LogP contribution in [0.15, 0.2) is 174 Å². The Morgan fingerprint density at radius 1 is 0.509 bits per heavy atom. The Morgan fingerprint density at radius 3 is 1.37 bits per heavy atom. The fourth-order valence-corrected chi connectivity index (χ4v) is 5.72. The summed E-state index contributed by atoms with van der Waals surface area (Å²) in [5.41, 5.74) is 5.15. The molecule has 0 atom stereocenters. The van der Waals surface area contributed by atoms with Crippen molar-refractivity contribution in [2.24, 2.45) is 15.4 Å². The number of para-hydroxylation sites is 3. The van der Waals surface area contributed by atoms with E-state index in [9.17, 15) is 25.2 Å². The average molecular weight is 761 g/mol. The van der Waals surface area contributed by atoms with Crippen molar-refractivity contribution in [3.63, 3.8) is 0 Å². The van der Waals surface area contributed by atoms with Crippen LogP contribution in [0, 0.1) is 15.0 Å². The maximum Gasteiger partial charge on any atom is 0.292 e. The summed E-state index contributed by atoms with van der Waals surface area (Å²) < 4.78 is 0. The Hall–Kier alpha value is -7.94. The summed E-state index contributed by atoms with van der Waals surface area (Å²) in [6.45, 7) is 1.94. The fraction of sp³-hybridized carbons (Fsp3) is 0.0952. The van der Waals surface area contributed by atoms with Gasteiger partial charge in [-0.25, -0.2) is 0 Å². The molecule has 284 valence electrons. The average Bonchev–Trinajstić information content (AvgIpc) is 3.25. The van der Waals surface area contributed by atoms with Gasteiger partial charge in [-0.1, -0.05) is 48.5 Å². The number of hydrogen-bond acceptors (Lipinski definition) is 14. The van der Waals surface area contributed by atoms with E-state index in [1.165, 1.54) is 12.1 Å². The zero-order chi connectivity index (χ0) is 39.8. The summed E-state index contributed by atoms with van der Waals surface area (Å²) >= 11 is 0. The molecule has 0 amide bonds. The number of phenolic OH excluding ortho intramolecular Hbond substituents is 2. The van der Waals surface area contributed by atoms with E-state index in [4.69, 9.17) is 0 Å². The summed E-state index contributed by atoms with van der Waals surface area (Å²) in [6.07, 6.45) is 6.92. The van der Waals surface area contributed by atoms with Gasteiger partial charge in [-0.05, 0) is 71.9 Å². The molecule has 0 saturated carbocycles. The minimum atomic E-state index is -0.432. The quantitative estimate of drug-likeness (QED) is 0.0463. The van der Waals surface area contributed by atoms with Crippen LogP contribution in [-0.2, 0) is 26.2 Å². The third-order valence-corrected chi connectivity index (χ3v) is 8.39. The summed E-state index contributed by atoms with van der Waals surface area (Å²) in [7, 11) is 0. The minimum absolute atomic E-state index is 0.0122. The standard InChI is InChI=1S/C24H20N6O3.C18H16N4O2/c31-23-14-24(32)21(29-33)13-20(23)28-27-19-9-1-2-10-22(19)30(15-17-7-3-5-11-25-17)16-18-8-4-6-12-26-18;23-22(24)18-10-2-1-9-17(18)21(13-15-7-3-5-11-19-15)14-16-8-4-6-12-20-16/h1-14,31-32H,15-16H2;1-12H,13-14H2. The van der Waals surface area contributed by atoms with E-state index in [-0.39, 0.29) is 27.7 Å². The zero-order valence-corrected chi connectivity index (χ0v) is 30.4. The SMILES string of the molecule is O=Nc1cc(N=Nc2ccccc2N(Cc2ccccn2)Cc2ccccn2)c(O)cc1O.O=[N+]([O-])c1ccccc1N(Cc1ccccn1)Cc1ccccn1. The maximum atomic E-state index is 11.4. The molecule has 0 aliphatic rings. The van der Waals surface area contributed by atoms with Gasteiger partial charge in [-0.2, -0.15) is 0 Å². The maximum absolute atomic E-state index is 11.4. The van der Waals surface area contributed by atoms with Crippen LogP contribution in [0.1, 0.15) is 22.8 Å². The molecule has 0 saturated heterocycles. The van der Waals surface area contributed by atoms with E-state index in [0.29, 0.717) is 37.6 Å². The number of nitroso groups, excluding NO2 is 1. The molecule has 7 rings (SSSR count). The third kappa shape index (κ3) is 10.8. The van der Waals surface area contributed by atoms with Gasteiger partial charge in [-0.15, -0.1) is 15.1 Å². The Labute approximate surface area is 327 Å². The Kier molecular flexibility index (Phi) is 13.2. The van der Waals surface area contributed by atoms with Crippen LogP contribution in [-0.4, -0.2) is 35.1 Å². The van der Waals surface area contributed by atoms with E-state index < -0.39 is 5.75 Å². The fourth-order valence-electron chi connectivity index (χ4n) is 5.72. The lowest BCUT2D eigenvalue weighted by atomic mass is 10.2. The molecule has 0 fully saturated rings. The molecule has 0 radical (unpaired) electrons. The number of nitro groups is 1. The monoisotopic (exact) mass is 760 g/mol. The van der Waals surface area contributed by atoms with Crippen molar-refractivity contribution in [3.8, 4) is 11.5 Å². The molecule has 0 aliphatic heterocycles. The third-order valence-electron chi connectivity index (χ3n) is 8.39. The number of anilines is 2. The molecule has 0 bridgehead atoms. The number of aromatic nitrogens is 4. The van der Waals surface area contributed by atoms with Gasteiger partial charge in [0.05, 0.1) is 59.6 Å². The van der Waals surface area contributed by atoms with Crippen LogP contribution < -0.4 is 9.80 Å². The van der Waals surface area contributed by atoms with E-state index in [0.717, 1.165) is 34.5 Å². The molecule has 15 nitrogen and oxygen atoms in total. The smallest absolute Gasteiger partial charge is 0.292 e. The van der Waals surface area contributed by atoms with E-state index in [1.807, 2.05) is 95.9 Å². The number of hydrogen-bond donors (Lipinski definition) is 2. The van der Waals surface area contributed by atoms with Gasteiger partial charge < -0.3 is 20.0 Å². The minimum Gasteiger partial charge on any atom is -0.505 e. The number of pyridine rings is 4. The number of phenols is 2. The number of aromatic hydroxyl groups is 2. The van der Waals surface area contributed by atoms with Crippen molar-refractivity contribution in [1.82, 2.24) is 19.9 Å². The first-order valence-corrected chi connectivity index (χ1v) is 17.6. The molecule has 0 unspecified atom stereocenters. The molecule has 4 aromatic heterocycles. The topological polar surface area (TPSA) is 196 Å². The van der Waals surface area contributed by atoms with Gasteiger partial charge in [0.15, 0.2) is 5.69 Å². The highest BCUT2D eigenvalue weighted by molar-refractivity contribution is 5.69. The highest BCUT2D eigenvalue weighted by Crippen LogP contribution is 2.40. The highest BCUT2D eigenvalue weighted by atomic mass is 16.6. The number of nitro benzene ring substituents is 1. The van der Waals surface area contributed by atoms with Crippen molar-refractivity contribution in [1.29, 1.82) is 0 Å². The van der Waals surface area contributed by atoms with E-state index in [2.05, 4.69) is 40.2 Å². The molecule has 0 aliphatic carbocycles. The summed E-state index contributed by atoms with van der Waals surface area (Å²) in [5, 5.41) is 42.2. The Balaban J connectivity index is 0.000000203. The van der Waals surface area contributed by atoms with E-state index >= 15 is 0 Å². The second-order valence-corrected chi connectivity index (χ2v) is 12.4. The van der Waals surface area contributed by atoms with Crippen LogP contribution in [0.5, 0.6) is 11.5 Å². The van der Waals surface area contributed by atoms with Crippen LogP contribution in [0.25, 0.3) is 0 Å². The lowest BCUT2D eigenvalue weighted by molar-refractivity contribution is -0.384. The number of rotatable bonds is 14. The lowest BCUT2D eigenvalue weighted by Gasteiger charge is -2.25. The number of benzene rings is 3. The van der Waals surface area contributed by atoms with E-state index in [1.54, 1.807) is 49.1 Å². The Morgan fingerprint density at radius 2 is 0.912 bits per heavy atom. The second kappa shape index (κ2) is 19.4. The number of nitrogens with zero attached hydrogens (tertiary/aromatic N) is 10. The lowest BCUT2D eigenvalue weighted by Crippen LogP contribution is -2.24. The van der Waals surface area contributed by atoms with Gasteiger partial charge >= 0.3 is 0 Å². The van der Waals surface area contributed by atoms with Gasteiger partial charge in [0.1, 0.15) is 28.6 Å². The van der Waals surface area contributed by atoms with Crippen molar-refractivity contribution in [2.75, 3.05) is 9.80 Å². The molecule has 15 heteroatoms. The summed E-state index contributed by atoms with van der Waals surface area (Å²) in [4.78, 5) is 43.4. The predicted molar refractivity (Wildman–Crippen MR) is 216 cm³/mol. The first-order valence-electron chi connectivity index (χ1n) is 17.6. The van der Waals surface area contributed by atoms with Crippen molar-refractivity contribution in [3.05, 3.63) is 196 Å². The molecule has 2 N–H and O–H groups in total. The van der Waals surface area contributed by atoms with Gasteiger partial charge in [0.25, 0.3) is 5.69 Å². The normalized spacial score (nSPS) is 10.7. The second-order valence-electron chi connectivity index (χ2n) is 12.4. The van der Waals surface area contributed by atoms with Crippen LogP contribution in [0.4, 0.5) is 34.1 Å². The van der Waals surface area contributed by atoms with Crippen LogP contribution in [0.3, 0.4) is 0 Å². The molecule has 4 heterocycles. The molecular formula is C42H36N10O5. The van der Waals surface area contributed by atoms with Gasteiger partial charge in [0, 0.05) is 43.0 Å². The summed E-state index contributed by atoms with van der Waals surface area (Å²) in [6, 6.07) is 39.1. The predicted octanol–water partition coefficient (Wildman–Crippen LogP) is 9.50. The molecular weight excluding hydrogens is 725 g/mol. The summed E-state index contributed by atoms with van der Waals surface area (Å²) in [5.74, 6) is -0.751. The molecule has 0 spiro atoms. The van der Waals surface area contributed by atoms with Crippen molar-refractivity contribution >= 4 is 34.1 Å². The zero-order valence-electron chi connectivity index (χ0n) is 30.4. The van der Waals surface area contributed by atoms with Crippen molar-refractivity contribution in [2.45, 2.75) is 26.2 Å².